The van der Waals surface area contributed by atoms with Crippen LogP contribution in [0, 0.1) is 0 Å². The maximum Gasteiger partial charge on any atom is 0.306 e. The molecule has 5 heteroatoms. The van der Waals surface area contributed by atoms with Crippen molar-refractivity contribution in [3.8, 4) is 0 Å². The highest BCUT2D eigenvalue weighted by molar-refractivity contribution is 5.70. The highest BCUT2D eigenvalue weighted by Crippen LogP contribution is 2.13. The van der Waals surface area contributed by atoms with E-state index < -0.39 is 6.10 Å². The van der Waals surface area contributed by atoms with E-state index >= 15 is 0 Å². The smallest absolute Gasteiger partial charge is 0.306 e. The lowest BCUT2D eigenvalue weighted by molar-refractivity contribution is -0.163. The molecular weight excluding hydrogens is 861 g/mol. The Balaban J connectivity index is 4.39. The Bertz CT molecular complexity index is 1470. The van der Waals surface area contributed by atoms with Crippen LogP contribution in [0.2, 0.25) is 0 Å². The molecule has 1 unspecified atom stereocenters. The molecule has 0 aromatic heterocycles. The van der Waals surface area contributed by atoms with Crippen LogP contribution in [-0.4, -0.2) is 37.9 Å². The van der Waals surface area contributed by atoms with Crippen molar-refractivity contribution in [2.45, 2.75) is 245 Å². The van der Waals surface area contributed by atoms with Gasteiger partial charge in [0.1, 0.15) is 6.61 Å². The summed E-state index contributed by atoms with van der Waals surface area (Å²) in [6.07, 6.45) is 84.7. The number of hydrogen-bond donors (Lipinski definition) is 0. The first-order valence-corrected chi connectivity index (χ1v) is 28.7. The average Bonchev–Trinajstić information content (AvgIpc) is 3.36. The minimum absolute atomic E-state index is 0.0577. The van der Waals surface area contributed by atoms with E-state index in [1.54, 1.807) is 0 Å². The van der Waals surface area contributed by atoms with E-state index in [0.717, 1.165) is 141 Å². The predicted octanol–water partition coefficient (Wildman–Crippen LogP) is 19.9. The third-order valence-electron chi connectivity index (χ3n) is 11.7. The van der Waals surface area contributed by atoms with E-state index in [-0.39, 0.29) is 25.2 Å². The second-order valence-electron chi connectivity index (χ2n) is 18.4. The molecule has 0 N–H and O–H groups in total. The van der Waals surface area contributed by atoms with Crippen molar-refractivity contribution in [2.24, 2.45) is 0 Å². The first kappa shape index (κ1) is 66.0. The lowest BCUT2D eigenvalue weighted by Crippen LogP contribution is -2.30. The van der Waals surface area contributed by atoms with Crippen molar-refractivity contribution < 1.29 is 23.8 Å². The lowest BCUT2D eigenvalue weighted by Gasteiger charge is -2.18. The largest absolute Gasteiger partial charge is 0.462 e. The summed E-state index contributed by atoms with van der Waals surface area (Å²) >= 11 is 0. The molecule has 396 valence electrons. The van der Waals surface area contributed by atoms with E-state index in [4.69, 9.17) is 14.2 Å². The van der Waals surface area contributed by atoms with Crippen molar-refractivity contribution >= 4 is 11.9 Å². The molecule has 0 aliphatic rings. The van der Waals surface area contributed by atoms with Gasteiger partial charge in [-0.3, -0.25) is 9.59 Å². The summed E-state index contributed by atoms with van der Waals surface area (Å²) in [5.74, 6) is -0.442. The van der Waals surface area contributed by atoms with Gasteiger partial charge < -0.3 is 14.2 Å². The fourth-order valence-corrected chi connectivity index (χ4v) is 7.51. The van der Waals surface area contributed by atoms with Crippen LogP contribution in [0.4, 0.5) is 0 Å². The van der Waals surface area contributed by atoms with Crippen LogP contribution in [0.15, 0.2) is 134 Å². The topological polar surface area (TPSA) is 61.8 Å². The molecule has 0 fully saturated rings. The molecule has 0 aliphatic heterocycles. The van der Waals surface area contributed by atoms with Gasteiger partial charge in [-0.1, -0.05) is 231 Å². The van der Waals surface area contributed by atoms with Gasteiger partial charge in [0.05, 0.1) is 6.61 Å². The molecular formula is C65H106O5. The van der Waals surface area contributed by atoms with Crippen LogP contribution in [0.3, 0.4) is 0 Å². The highest BCUT2D eigenvalue weighted by atomic mass is 16.6. The Kier molecular flexibility index (Phi) is 56.0. The number of carbonyl (C=O) groups is 2. The minimum atomic E-state index is -0.568. The second-order valence-corrected chi connectivity index (χ2v) is 18.4. The van der Waals surface area contributed by atoms with Gasteiger partial charge >= 0.3 is 11.9 Å². The Hall–Kier alpha value is -3.96. The zero-order chi connectivity index (χ0) is 50.6. The number of hydrogen-bond acceptors (Lipinski definition) is 5. The molecule has 0 rings (SSSR count). The fourth-order valence-electron chi connectivity index (χ4n) is 7.51. The van der Waals surface area contributed by atoms with E-state index in [2.05, 4.69) is 154 Å². The molecule has 0 saturated carbocycles. The van der Waals surface area contributed by atoms with Crippen LogP contribution < -0.4 is 0 Å². The molecule has 0 aromatic carbocycles. The quantitative estimate of drug-likeness (QED) is 0.0345. The average molecular weight is 968 g/mol. The first-order valence-electron chi connectivity index (χ1n) is 28.7. The normalized spacial score (nSPS) is 13.2. The number of allylic oxidation sites excluding steroid dienone is 22. The first-order chi connectivity index (χ1) is 34.6. The highest BCUT2D eigenvalue weighted by Gasteiger charge is 2.17. The zero-order valence-corrected chi connectivity index (χ0v) is 45.5. The summed E-state index contributed by atoms with van der Waals surface area (Å²) in [6.45, 7) is 7.43. The van der Waals surface area contributed by atoms with Gasteiger partial charge in [0.2, 0.25) is 0 Å². The molecule has 0 aromatic rings. The molecule has 1 atom stereocenters. The molecule has 0 aliphatic carbocycles. The number of esters is 2. The van der Waals surface area contributed by atoms with Crippen LogP contribution in [0.5, 0.6) is 0 Å². The van der Waals surface area contributed by atoms with E-state index in [1.165, 1.54) is 64.2 Å². The molecule has 0 amide bonds. The maximum atomic E-state index is 12.9. The van der Waals surface area contributed by atoms with Crippen molar-refractivity contribution in [1.29, 1.82) is 0 Å². The molecule has 0 heterocycles. The molecule has 0 bridgehead atoms. The second kappa shape index (κ2) is 59.3. The van der Waals surface area contributed by atoms with Crippen LogP contribution in [0.1, 0.15) is 239 Å². The predicted molar refractivity (Wildman–Crippen MR) is 306 cm³/mol. The monoisotopic (exact) mass is 967 g/mol. The molecule has 5 nitrogen and oxygen atoms in total. The Morgan fingerprint density at radius 3 is 0.957 bits per heavy atom. The Morgan fingerprint density at radius 2 is 0.600 bits per heavy atom. The van der Waals surface area contributed by atoms with Gasteiger partial charge in [-0.15, -0.1) is 0 Å². The van der Waals surface area contributed by atoms with Gasteiger partial charge in [0.25, 0.3) is 0 Å². The van der Waals surface area contributed by atoms with Crippen LogP contribution >= 0.6 is 0 Å². The Morgan fingerprint density at radius 1 is 0.314 bits per heavy atom. The minimum Gasteiger partial charge on any atom is -0.462 e. The standard InChI is InChI=1S/C65H106O5/c1-4-7-10-13-16-19-22-25-28-31-33-35-37-40-43-46-49-52-55-58-64(66)69-62-63(61-68-60-57-54-51-48-45-42-39-30-27-24-21-18-15-12-9-6-3)70-65(67)59-56-53-50-47-44-41-38-36-34-32-29-26-23-20-17-14-11-8-5-2/h7-12,16-21,25-30,33-36,63H,4-6,13-15,22-24,31-32,37-62H2,1-3H3/b10-7-,11-8-,12-9-,19-16-,20-17-,21-18-,28-25-,29-26-,30-27-,35-33-,36-34-. The van der Waals surface area contributed by atoms with Gasteiger partial charge in [0, 0.05) is 19.4 Å². The third-order valence-corrected chi connectivity index (χ3v) is 11.7. The summed E-state index contributed by atoms with van der Waals surface area (Å²) in [5, 5.41) is 0. The van der Waals surface area contributed by atoms with Crippen molar-refractivity contribution in [3.05, 3.63) is 134 Å². The molecule has 0 saturated heterocycles. The third kappa shape index (κ3) is 56.6. The van der Waals surface area contributed by atoms with E-state index in [1.807, 2.05) is 0 Å². The van der Waals surface area contributed by atoms with E-state index in [9.17, 15) is 9.59 Å². The Labute approximate surface area is 432 Å². The zero-order valence-electron chi connectivity index (χ0n) is 45.5. The van der Waals surface area contributed by atoms with E-state index in [0.29, 0.717) is 19.4 Å². The van der Waals surface area contributed by atoms with Gasteiger partial charge in [-0.25, -0.2) is 0 Å². The summed E-state index contributed by atoms with van der Waals surface area (Å²) in [7, 11) is 0. The molecule has 0 radical (unpaired) electrons. The SMILES string of the molecule is CC/C=C\C/C=C\C/C=C\C/C=C\CCCCCCCCC(=O)OCC(COCCCCCCCC/C=C\C/C=C\C/C=C\CC)OC(=O)CCCCCCCC/C=C\C/C=C\C/C=C\C/C=C\CC. The number of rotatable bonds is 51. The van der Waals surface area contributed by atoms with Crippen molar-refractivity contribution in [2.75, 3.05) is 19.8 Å². The lowest BCUT2D eigenvalue weighted by atomic mass is 10.1. The summed E-state index contributed by atoms with van der Waals surface area (Å²) in [4.78, 5) is 25.6. The fraction of sp³-hybridized carbons (Fsp3) is 0.631. The van der Waals surface area contributed by atoms with Gasteiger partial charge in [0.15, 0.2) is 6.10 Å². The molecule has 0 spiro atoms. The summed E-state index contributed by atoms with van der Waals surface area (Å²) in [5.41, 5.74) is 0. The summed E-state index contributed by atoms with van der Waals surface area (Å²) < 4.78 is 17.5. The van der Waals surface area contributed by atoms with Crippen molar-refractivity contribution in [3.63, 3.8) is 0 Å². The van der Waals surface area contributed by atoms with Gasteiger partial charge in [-0.2, -0.15) is 0 Å². The number of unbranched alkanes of at least 4 members (excludes halogenated alkanes) is 18. The van der Waals surface area contributed by atoms with Crippen molar-refractivity contribution in [1.82, 2.24) is 0 Å². The van der Waals surface area contributed by atoms with Crippen LogP contribution in [0.25, 0.3) is 0 Å². The number of ether oxygens (including phenoxy) is 3. The maximum absolute atomic E-state index is 12.9. The molecule has 70 heavy (non-hydrogen) atoms. The van der Waals surface area contributed by atoms with Crippen LogP contribution in [-0.2, 0) is 23.8 Å². The van der Waals surface area contributed by atoms with Gasteiger partial charge in [-0.05, 0) is 128 Å². The summed E-state index contributed by atoms with van der Waals surface area (Å²) in [6, 6.07) is 0. The number of carbonyl (C=O) groups excluding carboxylic acids is 2.